The van der Waals surface area contributed by atoms with E-state index in [4.69, 9.17) is 18.2 Å². The quantitative estimate of drug-likeness (QED) is 0.302. The summed E-state index contributed by atoms with van der Waals surface area (Å²) >= 11 is 0. The van der Waals surface area contributed by atoms with Gasteiger partial charge in [-0.2, -0.15) is 5.26 Å². The van der Waals surface area contributed by atoms with E-state index in [2.05, 4.69) is 61.4 Å². The van der Waals surface area contributed by atoms with Crippen molar-refractivity contribution in [2.45, 2.75) is 89.6 Å². The Morgan fingerprint density at radius 3 is 2.73 bits per heavy atom. The molecule has 1 unspecified atom stereocenters. The van der Waals surface area contributed by atoms with E-state index in [1.165, 1.54) is 10.8 Å². The van der Waals surface area contributed by atoms with Gasteiger partial charge in [-0.1, -0.05) is 39.0 Å². The van der Waals surface area contributed by atoms with Crippen molar-refractivity contribution >= 4 is 27.7 Å². The summed E-state index contributed by atoms with van der Waals surface area (Å²) in [5, 5.41) is 10.5. The summed E-state index contributed by atoms with van der Waals surface area (Å²) < 4.78 is 29.7. The highest BCUT2D eigenvalue weighted by atomic mass is 31.2. The summed E-state index contributed by atoms with van der Waals surface area (Å²) in [7, 11) is -3.72. The highest BCUT2D eigenvalue weighted by molar-refractivity contribution is 7.46. The molecule has 0 spiro atoms. The van der Waals surface area contributed by atoms with E-state index in [1.54, 1.807) is 6.92 Å². The van der Waals surface area contributed by atoms with Gasteiger partial charge in [0.2, 0.25) is 0 Å². The molecule has 1 fully saturated rings. The lowest BCUT2D eigenvalue weighted by atomic mass is 10.1. The Morgan fingerprint density at radius 1 is 1.25 bits per heavy atom. The first-order chi connectivity index (χ1) is 18.9. The van der Waals surface area contributed by atoms with Crippen LogP contribution in [0.2, 0.25) is 18.1 Å². The van der Waals surface area contributed by atoms with Crippen molar-refractivity contribution in [3.8, 4) is 6.07 Å². The summed E-state index contributed by atoms with van der Waals surface area (Å²) in [6.45, 7) is 12.9. The molecule has 5 rings (SSSR count). The van der Waals surface area contributed by atoms with Crippen molar-refractivity contribution < 1.29 is 18.2 Å². The zero-order chi connectivity index (χ0) is 28.8. The number of nitriles is 1. The lowest BCUT2D eigenvalue weighted by molar-refractivity contribution is -0.0407. The molecule has 0 radical (unpaired) electrons. The fourth-order valence-electron chi connectivity index (χ4n) is 4.82. The molecule has 1 saturated heterocycles. The van der Waals surface area contributed by atoms with Crippen LogP contribution in [0, 0.1) is 18.3 Å². The van der Waals surface area contributed by atoms with Crippen molar-refractivity contribution in [2.75, 3.05) is 6.61 Å². The Kier molecular flexibility index (Phi) is 7.96. The lowest BCUT2D eigenvalue weighted by Gasteiger charge is -2.37. The topological polar surface area (TPSA) is 120 Å². The highest BCUT2D eigenvalue weighted by Crippen LogP contribution is 2.53. The number of hydrogen-bond donors (Lipinski definition) is 1. The molecular formula is C28H37N4O6PSi. The number of nitrogens with zero attached hydrogens (tertiary/aromatic N) is 3. The number of hydrogen-bond acceptors (Lipinski definition) is 7. The molecule has 5 atom stereocenters. The van der Waals surface area contributed by atoms with Crippen molar-refractivity contribution in [1.29, 1.82) is 5.26 Å². The molecule has 2 aliphatic heterocycles. The third kappa shape index (κ3) is 5.62. The summed E-state index contributed by atoms with van der Waals surface area (Å²) in [6.07, 6.45) is 0.949. The Hall–Kier alpha value is -2.58. The number of H-pyrrole nitrogens is 1. The van der Waals surface area contributed by atoms with Crippen LogP contribution in [0.5, 0.6) is 0 Å². The second-order valence-corrected chi connectivity index (χ2v) is 18.2. The Morgan fingerprint density at radius 2 is 2.00 bits per heavy atom. The second kappa shape index (κ2) is 11.0. The van der Waals surface area contributed by atoms with Crippen LogP contribution in [-0.4, -0.2) is 47.1 Å². The zero-order valence-electron chi connectivity index (χ0n) is 23.8. The number of aromatic amines is 1. The zero-order valence-corrected chi connectivity index (χ0v) is 25.7. The van der Waals surface area contributed by atoms with Crippen LogP contribution in [0.4, 0.5) is 0 Å². The van der Waals surface area contributed by atoms with Gasteiger partial charge in [0.15, 0.2) is 8.32 Å². The molecule has 3 aromatic rings. The number of nitrogens with one attached hydrogen (secondary N) is 1. The minimum atomic E-state index is -2.11. The van der Waals surface area contributed by atoms with Gasteiger partial charge in [0.25, 0.3) is 14.1 Å². The number of ether oxygens (including phenoxy) is 1. The van der Waals surface area contributed by atoms with E-state index < -0.39 is 46.5 Å². The summed E-state index contributed by atoms with van der Waals surface area (Å²) in [4.78, 5) is 27.1. The van der Waals surface area contributed by atoms with E-state index in [-0.39, 0.29) is 17.6 Å². The Bertz CT molecular complexity index is 1550. The third-order valence-corrected chi connectivity index (χ3v) is 14.4. The minimum Gasteiger partial charge on any atom is -0.414 e. The maximum Gasteiger partial charge on any atom is 0.330 e. The number of fused-ring (bicyclic) bond motifs is 3. The number of benzene rings is 1. The maximum absolute atomic E-state index is 12.7. The van der Waals surface area contributed by atoms with Crippen LogP contribution in [-0.2, 0) is 24.6 Å². The molecule has 2 aliphatic rings. The molecule has 4 heterocycles. The molecule has 2 aromatic heterocycles. The third-order valence-electron chi connectivity index (χ3n) is 8.19. The fraction of sp³-hybridized carbons (Fsp3) is 0.536. The molecule has 12 heteroatoms. The molecule has 40 heavy (non-hydrogen) atoms. The molecule has 214 valence electrons. The van der Waals surface area contributed by atoms with E-state index in [9.17, 15) is 14.9 Å². The molecule has 10 nitrogen and oxygen atoms in total. The van der Waals surface area contributed by atoms with Crippen molar-refractivity contribution in [2.24, 2.45) is 0 Å². The van der Waals surface area contributed by atoms with Crippen LogP contribution in [0.3, 0.4) is 0 Å². The number of aromatic nitrogens is 3. The van der Waals surface area contributed by atoms with Gasteiger partial charge in [0.05, 0.1) is 36.8 Å². The second-order valence-electron chi connectivity index (χ2n) is 12.1. The van der Waals surface area contributed by atoms with E-state index in [0.29, 0.717) is 25.0 Å². The number of rotatable bonds is 7. The molecule has 1 N–H and O–H groups in total. The molecule has 1 aromatic carbocycles. The number of aryl methyl sites for hydroxylation is 1. The molecule has 0 saturated carbocycles. The van der Waals surface area contributed by atoms with Gasteiger partial charge in [0, 0.05) is 35.7 Å². The van der Waals surface area contributed by atoms with Crippen LogP contribution >= 0.6 is 8.53 Å². The maximum atomic E-state index is 12.7. The lowest BCUT2D eigenvalue weighted by Crippen LogP contribution is -2.44. The van der Waals surface area contributed by atoms with Gasteiger partial charge < -0.3 is 18.2 Å². The van der Waals surface area contributed by atoms with Crippen LogP contribution in [0.25, 0.3) is 10.9 Å². The smallest absolute Gasteiger partial charge is 0.330 e. The number of para-hydroxylation sites is 1. The molecule has 0 amide bonds. The first-order valence-corrected chi connectivity index (χ1v) is 17.6. The highest BCUT2D eigenvalue weighted by Gasteiger charge is 2.44. The SMILES string of the molecule is Cc1cn([C@H]2C[C@H](OP3O[C@@H](CC#N)Cc4cc5ccccc5n43)[C@@H](CO[Si](C)(C)C(C)(C)C)O2)c(=O)[nH]c1=O. The van der Waals surface area contributed by atoms with E-state index >= 15 is 0 Å². The van der Waals surface area contributed by atoms with Gasteiger partial charge in [-0.3, -0.25) is 18.7 Å². The summed E-state index contributed by atoms with van der Waals surface area (Å²) in [5.41, 5.74) is 1.55. The van der Waals surface area contributed by atoms with Crippen LogP contribution < -0.4 is 11.2 Å². The van der Waals surface area contributed by atoms with Crippen molar-refractivity contribution in [1.82, 2.24) is 13.9 Å². The Labute approximate surface area is 235 Å². The monoisotopic (exact) mass is 584 g/mol. The molecular weight excluding hydrogens is 547 g/mol. The average molecular weight is 585 g/mol. The van der Waals surface area contributed by atoms with Gasteiger partial charge in [-0.25, -0.2) is 4.79 Å². The predicted octanol–water partition coefficient (Wildman–Crippen LogP) is 5.12. The normalized spacial score (nSPS) is 25.2. The van der Waals surface area contributed by atoms with E-state index in [1.807, 2.05) is 18.2 Å². The van der Waals surface area contributed by atoms with Crippen molar-refractivity contribution in [3.63, 3.8) is 0 Å². The van der Waals surface area contributed by atoms with E-state index in [0.717, 1.165) is 16.6 Å². The van der Waals surface area contributed by atoms with Gasteiger partial charge in [-0.15, -0.1) is 0 Å². The van der Waals surface area contributed by atoms with Crippen molar-refractivity contribution in [3.05, 3.63) is 68.6 Å². The fourth-order valence-corrected chi connectivity index (χ4v) is 7.64. The van der Waals surface area contributed by atoms with Gasteiger partial charge in [-0.05, 0) is 37.2 Å². The molecule has 0 bridgehead atoms. The average Bonchev–Trinajstić information content (AvgIpc) is 3.45. The first-order valence-electron chi connectivity index (χ1n) is 13.6. The summed E-state index contributed by atoms with van der Waals surface area (Å²) in [5.74, 6) is 0. The van der Waals surface area contributed by atoms with Crippen LogP contribution in [0.15, 0.2) is 46.1 Å². The predicted molar refractivity (Wildman–Crippen MR) is 156 cm³/mol. The summed E-state index contributed by atoms with van der Waals surface area (Å²) in [6, 6.07) is 12.5. The standard InChI is InChI=1S/C28H37N4O6PSi/c1-18-16-31(27(34)30-26(18)33)25-15-23(24(36-25)17-35-40(5,6)28(2,3)4)38-39-32-20(14-21(37-39)11-12-29)13-19-9-7-8-10-22(19)32/h7-10,13,16,21,23-25H,11,14-15,17H2,1-6H3,(H,30,33,34)/t21-,23-,24+,25+,39?/m0/s1. The van der Waals surface area contributed by atoms with Gasteiger partial charge >= 0.3 is 5.69 Å². The Balaban J connectivity index is 1.47. The minimum absolute atomic E-state index is 0.00830. The molecule has 0 aliphatic carbocycles. The van der Waals surface area contributed by atoms with Gasteiger partial charge in [0.1, 0.15) is 12.3 Å². The largest absolute Gasteiger partial charge is 0.414 e. The first kappa shape index (κ1) is 28.9. The van der Waals surface area contributed by atoms with Crippen LogP contribution in [0.1, 0.15) is 51.1 Å².